The van der Waals surface area contributed by atoms with Crippen molar-refractivity contribution in [1.82, 2.24) is 14.8 Å². The smallest absolute Gasteiger partial charge is 0.273 e. The van der Waals surface area contributed by atoms with Crippen LogP contribution in [-0.4, -0.2) is 46.9 Å². The zero-order chi connectivity index (χ0) is 18.5. The fourth-order valence-electron chi connectivity index (χ4n) is 3.19. The number of nitrogens with zero attached hydrogens (tertiary/aromatic N) is 3. The molecular weight excluding hydrogens is 356 g/mol. The summed E-state index contributed by atoms with van der Waals surface area (Å²) in [5, 5.41) is 5.82. The highest BCUT2D eigenvalue weighted by Gasteiger charge is 2.23. The van der Waals surface area contributed by atoms with Crippen LogP contribution in [0.1, 0.15) is 16.1 Å². The van der Waals surface area contributed by atoms with E-state index in [-0.39, 0.29) is 5.91 Å². The van der Waals surface area contributed by atoms with Crippen molar-refractivity contribution in [3.05, 3.63) is 77.3 Å². The first-order valence-corrected chi connectivity index (χ1v) is 9.99. The number of piperazine rings is 1. The molecule has 0 atom stereocenters. The van der Waals surface area contributed by atoms with Crippen molar-refractivity contribution >= 4 is 28.1 Å². The number of rotatable bonds is 5. The fraction of sp³-hybridized carbons (Fsp3) is 0.238. The second-order valence-corrected chi connectivity index (χ2v) is 7.44. The number of thiazole rings is 1. The van der Waals surface area contributed by atoms with Crippen molar-refractivity contribution in [2.45, 2.75) is 6.54 Å². The average Bonchev–Trinajstić information content (AvgIpc) is 3.18. The van der Waals surface area contributed by atoms with Crippen molar-refractivity contribution in [1.29, 1.82) is 0 Å². The highest BCUT2D eigenvalue weighted by Crippen LogP contribution is 2.22. The van der Waals surface area contributed by atoms with Gasteiger partial charge in [-0.2, -0.15) is 0 Å². The summed E-state index contributed by atoms with van der Waals surface area (Å²) >= 11 is 1.46. The van der Waals surface area contributed by atoms with Crippen LogP contribution in [0.5, 0.6) is 0 Å². The first-order valence-electron chi connectivity index (χ1n) is 9.11. The second-order valence-electron chi connectivity index (χ2n) is 6.58. The number of para-hydroxylation sites is 1. The van der Waals surface area contributed by atoms with Crippen molar-refractivity contribution in [2.24, 2.45) is 0 Å². The third-order valence-corrected chi connectivity index (χ3v) is 5.41. The van der Waals surface area contributed by atoms with Crippen molar-refractivity contribution in [3.8, 4) is 0 Å². The minimum absolute atomic E-state index is 0.0201. The van der Waals surface area contributed by atoms with Gasteiger partial charge in [0.15, 0.2) is 5.13 Å². The van der Waals surface area contributed by atoms with Crippen LogP contribution >= 0.6 is 11.3 Å². The number of aromatic nitrogens is 1. The van der Waals surface area contributed by atoms with Crippen molar-refractivity contribution in [2.75, 3.05) is 31.5 Å². The van der Waals surface area contributed by atoms with E-state index in [9.17, 15) is 4.79 Å². The average molecular weight is 379 g/mol. The molecule has 0 aliphatic carbocycles. The summed E-state index contributed by atoms with van der Waals surface area (Å²) in [6, 6.07) is 20.3. The Morgan fingerprint density at radius 2 is 1.63 bits per heavy atom. The lowest BCUT2D eigenvalue weighted by Gasteiger charge is -2.34. The van der Waals surface area contributed by atoms with Gasteiger partial charge in [0, 0.05) is 43.8 Å². The van der Waals surface area contributed by atoms with E-state index in [1.807, 2.05) is 46.7 Å². The van der Waals surface area contributed by atoms with E-state index in [4.69, 9.17) is 0 Å². The van der Waals surface area contributed by atoms with E-state index in [1.54, 1.807) is 0 Å². The molecule has 2 heterocycles. The maximum atomic E-state index is 12.8. The van der Waals surface area contributed by atoms with Gasteiger partial charge in [-0.15, -0.1) is 11.3 Å². The molecule has 0 bridgehead atoms. The molecule has 1 aromatic heterocycles. The number of amides is 1. The summed E-state index contributed by atoms with van der Waals surface area (Å²) in [4.78, 5) is 21.5. The lowest BCUT2D eigenvalue weighted by atomic mass is 10.2. The second kappa shape index (κ2) is 8.33. The van der Waals surface area contributed by atoms with Gasteiger partial charge in [0.1, 0.15) is 5.69 Å². The molecule has 1 aliphatic rings. The van der Waals surface area contributed by atoms with E-state index in [0.29, 0.717) is 5.69 Å². The van der Waals surface area contributed by atoms with Gasteiger partial charge >= 0.3 is 0 Å². The first-order chi connectivity index (χ1) is 13.3. The summed E-state index contributed by atoms with van der Waals surface area (Å²) < 4.78 is 0. The standard InChI is InChI=1S/C21H22N4OS/c26-20(19-16-27-21(23-19)22-18-9-5-2-6-10-18)25-13-11-24(12-14-25)15-17-7-3-1-4-8-17/h1-10,16H,11-15H2,(H,22,23). The third-order valence-electron chi connectivity index (χ3n) is 4.66. The molecule has 5 nitrogen and oxygen atoms in total. The van der Waals surface area contributed by atoms with Gasteiger partial charge in [0.2, 0.25) is 0 Å². The van der Waals surface area contributed by atoms with Crippen LogP contribution in [0.3, 0.4) is 0 Å². The van der Waals surface area contributed by atoms with Gasteiger partial charge in [-0.25, -0.2) is 4.98 Å². The summed E-state index contributed by atoms with van der Waals surface area (Å²) in [5.74, 6) is 0.0201. The van der Waals surface area contributed by atoms with Gasteiger partial charge < -0.3 is 10.2 Å². The lowest BCUT2D eigenvalue weighted by molar-refractivity contribution is 0.0623. The number of carbonyl (C=O) groups excluding carboxylic acids is 1. The zero-order valence-electron chi connectivity index (χ0n) is 15.0. The summed E-state index contributed by atoms with van der Waals surface area (Å²) in [6.07, 6.45) is 0. The first kappa shape index (κ1) is 17.7. The molecule has 1 saturated heterocycles. The molecule has 1 fully saturated rings. The summed E-state index contributed by atoms with van der Waals surface area (Å²) in [5.41, 5.74) is 2.81. The Hall–Kier alpha value is -2.70. The largest absolute Gasteiger partial charge is 0.335 e. The van der Waals surface area contributed by atoms with Crippen LogP contribution in [0.2, 0.25) is 0 Å². The van der Waals surface area contributed by atoms with Gasteiger partial charge in [0.05, 0.1) is 0 Å². The van der Waals surface area contributed by atoms with E-state index in [1.165, 1.54) is 16.9 Å². The van der Waals surface area contributed by atoms with E-state index in [0.717, 1.165) is 43.5 Å². The monoisotopic (exact) mass is 378 g/mol. The molecule has 0 saturated carbocycles. The molecule has 0 unspecified atom stereocenters. The molecule has 27 heavy (non-hydrogen) atoms. The Labute approximate surface area is 163 Å². The molecule has 1 amide bonds. The number of benzene rings is 2. The molecule has 0 radical (unpaired) electrons. The quantitative estimate of drug-likeness (QED) is 0.733. The zero-order valence-corrected chi connectivity index (χ0v) is 15.9. The summed E-state index contributed by atoms with van der Waals surface area (Å²) in [6.45, 7) is 4.19. The van der Waals surface area contributed by atoms with Gasteiger partial charge in [-0.05, 0) is 17.7 Å². The fourth-order valence-corrected chi connectivity index (χ4v) is 3.89. The van der Waals surface area contributed by atoms with E-state index < -0.39 is 0 Å². The molecule has 0 spiro atoms. The van der Waals surface area contributed by atoms with Crippen molar-refractivity contribution in [3.63, 3.8) is 0 Å². The predicted octanol–water partition coefficient (Wildman–Crippen LogP) is 3.84. The number of hydrogen-bond donors (Lipinski definition) is 1. The van der Waals surface area contributed by atoms with Crippen LogP contribution in [-0.2, 0) is 6.54 Å². The van der Waals surface area contributed by atoms with Gasteiger partial charge in [-0.1, -0.05) is 48.5 Å². The topological polar surface area (TPSA) is 48.5 Å². The number of nitrogens with one attached hydrogen (secondary N) is 1. The lowest BCUT2D eigenvalue weighted by Crippen LogP contribution is -2.48. The Balaban J connectivity index is 1.32. The SMILES string of the molecule is O=C(c1csc(Nc2ccccc2)n1)N1CCN(Cc2ccccc2)CC1. The minimum Gasteiger partial charge on any atom is -0.335 e. The van der Waals surface area contributed by atoms with Crippen LogP contribution in [0.25, 0.3) is 0 Å². The molecule has 4 rings (SSSR count). The van der Waals surface area contributed by atoms with E-state index >= 15 is 0 Å². The van der Waals surface area contributed by atoms with Crippen LogP contribution < -0.4 is 5.32 Å². The summed E-state index contributed by atoms with van der Waals surface area (Å²) in [7, 11) is 0. The van der Waals surface area contributed by atoms with Crippen LogP contribution in [0.15, 0.2) is 66.0 Å². The van der Waals surface area contributed by atoms with Crippen molar-refractivity contribution < 1.29 is 4.79 Å². The Bertz CT molecular complexity index is 873. The molecule has 3 aromatic rings. The van der Waals surface area contributed by atoms with Crippen LogP contribution in [0.4, 0.5) is 10.8 Å². The van der Waals surface area contributed by atoms with Crippen LogP contribution in [0, 0.1) is 0 Å². The molecular formula is C21H22N4OS. The maximum Gasteiger partial charge on any atom is 0.273 e. The molecule has 1 N–H and O–H groups in total. The highest BCUT2D eigenvalue weighted by atomic mass is 32.1. The normalized spacial score (nSPS) is 14.9. The molecule has 6 heteroatoms. The van der Waals surface area contributed by atoms with Gasteiger partial charge in [0.25, 0.3) is 5.91 Å². The number of anilines is 2. The minimum atomic E-state index is 0.0201. The molecule has 138 valence electrons. The Morgan fingerprint density at radius 3 is 2.33 bits per heavy atom. The predicted molar refractivity (Wildman–Crippen MR) is 109 cm³/mol. The molecule has 1 aliphatic heterocycles. The Kier molecular flexibility index (Phi) is 5.46. The Morgan fingerprint density at radius 1 is 0.963 bits per heavy atom. The van der Waals surface area contributed by atoms with Gasteiger partial charge in [-0.3, -0.25) is 9.69 Å². The molecule has 2 aromatic carbocycles. The maximum absolute atomic E-state index is 12.8. The third kappa shape index (κ3) is 4.53. The number of carbonyl (C=O) groups is 1. The van der Waals surface area contributed by atoms with E-state index in [2.05, 4.69) is 39.5 Å². The number of hydrogen-bond acceptors (Lipinski definition) is 5. The highest BCUT2D eigenvalue weighted by molar-refractivity contribution is 7.14.